The van der Waals surface area contributed by atoms with Crippen LogP contribution in [-0.4, -0.2) is 24.6 Å². The Hall–Kier alpha value is -1.32. The van der Waals surface area contributed by atoms with E-state index in [-0.39, 0.29) is 11.9 Å². The second kappa shape index (κ2) is 4.90. The minimum absolute atomic E-state index is 0.332. The molecule has 0 aliphatic heterocycles. The highest BCUT2D eigenvalue weighted by Gasteiger charge is 2.40. The van der Waals surface area contributed by atoms with Crippen LogP contribution in [0.15, 0.2) is 11.6 Å². The Balaban J connectivity index is 2.78. The van der Waals surface area contributed by atoms with Crippen molar-refractivity contribution >= 4 is 11.9 Å². The molecule has 0 fully saturated rings. The van der Waals surface area contributed by atoms with Crippen molar-refractivity contribution in [1.29, 1.82) is 0 Å². The fourth-order valence-corrected chi connectivity index (χ4v) is 1.98. The summed E-state index contributed by atoms with van der Waals surface area (Å²) in [5.41, 5.74) is 0.349. The first-order valence-electron chi connectivity index (χ1n) is 5.73. The van der Waals surface area contributed by atoms with Crippen LogP contribution in [0, 0.1) is 11.8 Å². The molecule has 2 unspecified atom stereocenters. The summed E-state index contributed by atoms with van der Waals surface area (Å²) < 4.78 is 10.0. The second-order valence-corrected chi connectivity index (χ2v) is 5.32. The van der Waals surface area contributed by atoms with E-state index in [4.69, 9.17) is 9.47 Å². The molecule has 0 aromatic heterocycles. The van der Waals surface area contributed by atoms with Gasteiger partial charge in [-0.25, -0.2) is 0 Å². The van der Waals surface area contributed by atoms with E-state index in [0.717, 1.165) is 5.57 Å². The van der Waals surface area contributed by atoms with Gasteiger partial charge in [0.1, 0.15) is 5.60 Å². The molecular weight excluding hydrogens is 220 g/mol. The Morgan fingerprint density at radius 2 is 1.88 bits per heavy atom. The van der Waals surface area contributed by atoms with Gasteiger partial charge in [-0.3, -0.25) is 9.59 Å². The monoisotopic (exact) mass is 240 g/mol. The molecule has 0 bridgehead atoms. The number of rotatable bonds is 2. The summed E-state index contributed by atoms with van der Waals surface area (Å²) in [6.07, 6.45) is 2.44. The molecule has 0 N–H and O–H groups in total. The lowest BCUT2D eigenvalue weighted by Crippen LogP contribution is -2.34. The predicted molar refractivity (Wildman–Crippen MR) is 63.2 cm³/mol. The van der Waals surface area contributed by atoms with E-state index in [1.54, 1.807) is 0 Å². The standard InChI is InChI=1S/C13H20O4/c1-8-6-7-9(10(8)12(15)16-5)11(14)17-13(2,3)4/h6,9-10H,7H2,1-5H3. The van der Waals surface area contributed by atoms with E-state index in [9.17, 15) is 9.59 Å². The molecule has 1 aliphatic rings. The van der Waals surface area contributed by atoms with Gasteiger partial charge in [0, 0.05) is 0 Å². The summed E-state index contributed by atoms with van der Waals surface area (Å²) in [5.74, 6) is -1.63. The lowest BCUT2D eigenvalue weighted by molar-refractivity contribution is -0.165. The average molecular weight is 240 g/mol. The molecule has 4 nitrogen and oxygen atoms in total. The maximum absolute atomic E-state index is 12.0. The van der Waals surface area contributed by atoms with E-state index in [1.807, 2.05) is 33.8 Å². The summed E-state index contributed by atoms with van der Waals surface area (Å²) in [4.78, 5) is 23.6. The first kappa shape index (κ1) is 13.7. The van der Waals surface area contributed by atoms with Gasteiger partial charge < -0.3 is 9.47 Å². The van der Waals surface area contributed by atoms with Crippen LogP contribution in [-0.2, 0) is 19.1 Å². The maximum Gasteiger partial charge on any atom is 0.313 e. The average Bonchev–Trinajstić information content (AvgIpc) is 2.56. The fourth-order valence-electron chi connectivity index (χ4n) is 1.98. The van der Waals surface area contributed by atoms with Gasteiger partial charge in [-0.15, -0.1) is 0 Å². The number of esters is 2. The minimum atomic E-state index is -0.533. The molecule has 96 valence electrons. The van der Waals surface area contributed by atoms with Gasteiger partial charge in [-0.05, 0) is 34.1 Å². The first-order chi connectivity index (χ1) is 7.76. The van der Waals surface area contributed by atoms with Crippen LogP contribution >= 0.6 is 0 Å². The van der Waals surface area contributed by atoms with Gasteiger partial charge in [0.2, 0.25) is 0 Å². The van der Waals surface area contributed by atoms with Crippen molar-refractivity contribution in [3.8, 4) is 0 Å². The van der Waals surface area contributed by atoms with Gasteiger partial charge >= 0.3 is 11.9 Å². The molecule has 0 amide bonds. The Bertz CT molecular complexity index is 349. The van der Waals surface area contributed by atoms with Gasteiger partial charge in [0.25, 0.3) is 0 Å². The molecule has 0 radical (unpaired) electrons. The highest BCUT2D eigenvalue weighted by atomic mass is 16.6. The summed E-state index contributed by atoms with van der Waals surface area (Å²) in [6, 6.07) is 0. The summed E-state index contributed by atoms with van der Waals surface area (Å²) in [7, 11) is 1.33. The van der Waals surface area contributed by atoms with Crippen LogP contribution in [0.1, 0.15) is 34.1 Å². The molecule has 1 aliphatic carbocycles. The van der Waals surface area contributed by atoms with E-state index in [2.05, 4.69) is 0 Å². The number of hydrogen-bond donors (Lipinski definition) is 0. The van der Waals surface area contributed by atoms with Crippen molar-refractivity contribution in [3.63, 3.8) is 0 Å². The topological polar surface area (TPSA) is 52.6 Å². The van der Waals surface area contributed by atoms with Crippen molar-refractivity contribution in [2.45, 2.75) is 39.7 Å². The summed E-state index contributed by atoms with van der Waals surface area (Å²) in [6.45, 7) is 7.28. The number of carbonyl (C=O) groups excluding carboxylic acids is 2. The normalized spacial score (nSPS) is 24.2. The van der Waals surface area contributed by atoms with Crippen LogP contribution in [0.5, 0.6) is 0 Å². The highest BCUT2D eigenvalue weighted by molar-refractivity contribution is 5.85. The SMILES string of the molecule is COC(=O)C1C(C)=CCC1C(=O)OC(C)(C)C. The summed E-state index contributed by atoms with van der Waals surface area (Å²) >= 11 is 0. The third-order valence-corrected chi connectivity index (χ3v) is 2.75. The number of ether oxygens (including phenoxy) is 2. The van der Waals surface area contributed by atoms with E-state index < -0.39 is 17.4 Å². The lowest BCUT2D eigenvalue weighted by atomic mass is 9.91. The van der Waals surface area contributed by atoms with E-state index in [1.165, 1.54) is 7.11 Å². The molecule has 0 aromatic carbocycles. The minimum Gasteiger partial charge on any atom is -0.469 e. The number of methoxy groups -OCH3 is 1. The van der Waals surface area contributed by atoms with Gasteiger partial charge in [0.05, 0.1) is 18.9 Å². The first-order valence-corrected chi connectivity index (χ1v) is 5.73. The summed E-state index contributed by atoms with van der Waals surface area (Å²) in [5, 5.41) is 0. The van der Waals surface area contributed by atoms with Gasteiger partial charge in [-0.1, -0.05) is 11.6 Å². The van der Waals surface area contributed by atoms with E-state index >= 15 is 0 Å². The van der Waals surface area contributed by atoms with Crippen LogP contribution in [0.2, 0.25) is 0 Å². The van der Waals surface area contributed by atoms with Crippen LogP contribution in [0.3, 0.4) is 0 Å². The number of hydrogen-bond acceptors (Lipinski definition) is 4. The van der Waals surface area contributed by atoms with Gasteiger partial charge in [0.15, 0.2) is 0 Å². The third kappa shape index (κ3) is 3.32. The van der Waals surface area contributed by atoms with Crippen LogP contribution in [0.4, 0.5) is 0 Å². The highest BCUT2D eigenvalue weighted by Crippen LogP contribution is 2.34. The van der Waals surface area contributed by atoms with Crippen LogP contribution < -0.4 is 0 Å². The zero-order valence-electron chi connectivity index (χ0n) is 11.1. The van der Waals surface area contributed by atoms with Crippen molar-refractivity contribution < 1.29 is 19.1 Å². The fraction of sp³-hybridized carbons (Fsp3) is 0.692. The Morgan fingerprint density at radius 3 is 2.35 bits per heavy atom. The Kier molecular flexibility index (Phi) is 3.96. The molecule has 0 heterocycles. The Labute approximate surface area is 102 Å². The molecule has 1 rings (SSSR count). The van der Waals surface area contributed by atoms with Crippen LogP contribution in [0.25, 0.3) is 0 Å². The second-order valence-electron chi connectivity index (χ2n) is 5.32. The zero-order valence-corrected chi connectivity index (χ0v) is 11.1. The lowest BCUT2D eigenvalue weighted by Gasteiger charge is -2.24. The van der Waals surface area contributed by atoms with Crippen molar-refractivity contribution in [2.75, 3.05) is 7.11 Å². The molecule has 0 aromatic rings. The molecular formula is C13H20O4. The maximum atomic E-state index is 12.0. The molecule has 0 saturated carbocycles. The molecule has 0 spiro atoms. The number of allylic oxidation sites excluding steroid dienone is 1. The van der Waals surface area contributed by atoms with E-state index in [0.29, 0.717) is 6.42 Å². The van der Waals surface area contributed by atoms with Crippen molar-refractivity contribution in [2.24, 2.45) is 11.8 Å². The molecule has 17 heavy (non-hydrogen) atoms. The van der Waals surface area contributed by atoms with Gasteiger partial charge in [-0.2, -0.15) is 0 Å². The largest absolute Gasteiger partial charge is 0.469 e. The smallest absolute Gasteiger partial charge is 0.313 e. The molecule has 2 atom stereocenters. The predicted octanol–water partition coefficient (Wildman–Crippen LogP) is 2.08. The molecule has 4 heteroatoms. The third-order valence-electron chi connectivity index (χ3n) is 2.75. The van der Waals surface area contributed by atoms with Crippen molar-refractivity contribution in [1.82, 2.24) is 0 Å². The quantitative estimate of drug-likeness (QED) is 0.548. The molecule has 0 saturated heterocycles. The van der Waals surface area contributed by atoms with Crippen molar-refractivity contribution in [3.05, 3.63) is 11.6 Å². The zero-order chi connectivity index (χ0) is 13.2. The number of carbonyl (C=O) groups is 2. The Morgan fingerprint density at radius 1 is 1.29 bits per heavy atom.